The van der Waals surface area contributed by atoms with Crippen molar-refractivity contribution in [1.82, 2.24) is 19.6 Å². The Morgan fingerprint density at radius 1 is 1.21 bits per heavy atom. The molecule has 2 aliphatic heterocycles. The van der Waals surface area contributed by atoms with Gasteiger partial charge in [-0.15, -0.1) is 11.8 Å². The van der Waals surface area contributed by atoms with Crippen molar-refractivity contribution < 1.29 is 43.0 Å². The lowest BCUT2D eigenvalue weighted by Crippen LogP contribution is -2.71. The number of oxime groups is 1. The highest BCUT2D eigenvalue weighted by Gasteiger charge is 2.55. The number of anilines is 1. The highest BCUT2D eigenvalue weighted by molar-refractivity contribution is 8.00. The van der Waals surface area contributed by atoms with Gasteiger partial charge in [0.25, 0.3) is 11.8 Å². The molecule has 206 valence electrons. The van der Waals surface area contributed by atoms with Crippen molar-refractivity contribution in [2.24, 2.45) is 16.3 Å². The van der Waals surface area contributed by atoms with Crippen molar-refractivity contribution in [1.29, 1.82) is 0 Å². The van der Waals surface area contributed by atoms with E-state index < -0.39 is 53.5 Å². The normalized spacial score (nSPS) is 19.2. The van der Waals surface area contributed by atoms with Crippen LogP contribution in [0.15, 0.2) is 16.4 Å². The Morgan fingerprint density at radius 3 is 2.50 bits per heavy atom. The molecule has 1 aromatic rings. The minimum absolute atomic E-state index is 0.0911. The van der Waals surface area contributed by atoms with E-state index in [9.17, 15) is 24.0 Å². The molecular formula is C20H25N7O9S2. The summed E-state index contributed by atoms with van der Waals surface area (Å²) in [5.74, 6) is -3.04. The summed E-state index contributed by atoms with van der Waals surface area (Å²) in [6, 6.07) is -1.06. The third-order valence-electron chi connectivity index (χ3n) is 4.96. The van der Waals surface area contributed by atoms with Gasteiger partial charge in [0.15, 0.2) is 5.13 Å². The van der Waals surface area contributed by atoms with E-state index in [2.05, 4.69) is 19.8 Å². The molecule has 3 heterocycles. The molecule has 3 amide bonds. The number of esters is 2. The largest absolute Gasteiger partial charge is 0.445 e. The van der Waals surface area contributed by atoms with Gasteiger partial charge in [0.1, 0.15) is 30.8 Å². The number of rotatable bonds is 9. The number of carbonyl (C=O) groups is 5. The molecule has 38 heavy (non-hydrogen) atoms. The molecule has 0 aromatic carbocycles. The zero-order valence-corrected chi connectivity index (χ0v) is 22.3. The summed E-state index contributed by atoms with van der Waals surface area (Å²) >= 11 is 2.03. The van der Waals surface area contributed by atoms with Gasteiger partial charge in [0.05, 0.1) is 5.41 Å². The van der Waals surface area contributed by atoms with Gasteiger partial charge >= 0.3 is 18.0 Å². The van der Waals surface area contributed by atoms with Crippen molar-refractivity contribution in [2.45, 2.75) is 32.2 Å². The molecule has 2 atom stereocenters. The number of nitrogen functional groups attached to an aromatic ring is 1. The fourth-order valence-electron chi connectivity index (χ4n) is 3.18. The number of hydrogen-bond donors (Lipinski definition) is 3. The van der Waals surface area contributed by atoms with E-state index >= 15 is 0 Å². The molecule has 5 N–H and O–H groups in total. The second-order valence-electron chi connectivity index (χ2n) is 8.73. The second-order valence-corrected chi connectivity index (χ2v) is 10.6. The van der Waals surface area contributed by atoms with Crippen LogP contribution < -0.4 is 16.8 Å². The highest BCUT2D eigenvalue weighted by Crippen LogP contribution is 2.40. The summed E-state index contributed by atoms with van der Waals surface area (Å²) in [6.07, 6.45) is -1.09. The minimum Gasteiger partial charge on any atom is -0.445 e. The van der Waals surface area contributed by atoms with Crippen molar-refractivity contribution in [3.8, 4) is 0 Å². The number of nitrogens with two attached hydrogens (primary N) is 2. The fourth-order valence-corrected chi connectivity index (χ4v) is 4.94. The Hall–Kier alpha value is -3.93. The van der Waals surface area contributed by atoms with Gasteiger partial charge in [-0.25, -0.2) is 9.59 Å². The number of nitrogens with one attached hydrogen (secondary N) is 1. The first-order valence-corrected chi connectivity index (χ1v) is 12.6. The molecule has 0 spiro atoms. The van der Waals surface area contributed by atoms with Crippen molar-refractivity contribution >= 4 is 64.0 Å². The number of amides is 3. The summed E-state index contributed by atoms with van der Waals surface area (Å²) in [5.41, 5.74) is 9.49. The number of β-lactam (4-membered cyclic amide) rings is 1. The van der Waals surface area contributed by atoms with Gasteiger partial charge in [-0.3, -0.25) is 19.3 Å². The highest BCUT2D eigenvalue weighted by atomic mass is 32.2. The zero-order valence-electron chi connectivity index (χ0n) is 20.7. The molecule has 1 fully saturated rings. The molecule has 2 aliphatic rings. The molecule has 0 aliphatic carbocycles. The molecule has 3 rings (SSSR count). The molecule has 16 nitrogen and oxygen atoms in total. The van der Waals surface area contributed by atoms with Crippen molar-refractivity contribution in [3.05, 3.63) is 17.1 Å². The number of thioether (sulfide) groups is 1. The van der Waals surface area contributed by atoms with E-state index in [0.717, 1.165) is 16.4 Å². The number of primary amides is 1. The van der Waals surface area contributed by atoms with Crippen LogP contribution in [-0.2, 0) is 38.2 Å². The molecule has 1 unspecified atom stereocenters. The fraction of sp³-hybridized carbons (Fsp3) is 0.500. The first kappa shape index (κ1) is 28.6. The zero-order chi connectivity index (χ0) is 28.2. The van der Waals surface area contributed by atoms with Crippen molar-refractivity contribution in [3.63, 3.8) is 0 Å². The lowest BCUT2D eigenvalue weighted by Gasteiger charge is -2.49. The summed E-state index contributed by atoms with van der Waals surface area (Å²) in [5, 5.41) is 5.53. The van der Waals surface area contributed by atoms with Crippen LogP contribution in [0.4, 0.5) is 9.93 Å². The van der Waals surface area contributed by atoms with Crippen LogP contribution >= 0.6 is 23.3 Å². The van der Waals surface area contributed by atoms with Crippen molar-refractivity contribution in [2.75, 3.05) is 32.0 Å². The molecule has 0 bridgehead atoms. The van der Waals surface area contributed by atoms with Gasteiger partial charge in [-0.1, -0.05) is 5.16 Å². The van der Waals surface area contributed by atoms with E-state index in [4.69, 9.17) is 30.5 Å². The van der Waals surface area contributed by atoms with E-state index in [1.54, 1.807) is 20.8 Å². The Bertz CT molecular complexity index is 1210. The predicted octanol–water partition coefficient (Wildman–Crippen LogP) is -0.690. The standard InChI is InChI=1S/C20H25N7O9S2/c1-20(2,3)17(31)36-7-35-16(30)11-8(5-34-19(22)32)6-37-15-10(14(29)27(11)15)23-13(28)9(25-33-4)12-24-18(21)38-26-12/h10,15H,5-7H2,1-4H3,(H2,22,32)(H,23,28)(H2,21,24,26)/t10?,15-/m1/s1. The number of nitrogens with zero attached hydrogens (tertiary/aromatic N) is 4. The van der Waals surface area contributed by atoms with Gasteiger partial charge in [-0.05, 0) is 20.8 Å². The topological polar surface area (TPSA) is 228 Å². The SMILES string of the molecule is CON=C(C(=O)NC1C(=O)N2C(C(=O)OCOC(=O)C(C)(C)C)=C(COC(N)=O)CS[C@H]12)c1nsc(N)n1. The van der Waals surface area contributed by atoms with E-state index in [1.165, 1.54) is 18.9 Å². The Balaban J connectivity index is 1.77. The third-order valence-corrected chi connectivity index (χ3v) is 6.84. The summed E-state index contributed by atoms with van der Waals surface area (Å²) in [4.78, 5) is 71.6. The molecule has 18 heteroatoms. The number of carbonyl (C=O) groups excluding carboxylic acids is 5. The second kappa shape index (κ2) is 11.6. The van der Waals surface area contributed by atoms with Gasteiger partial charge < -0.3 is 35.8 Å². The monoisotopic (exact) mass is 571 g/mol. The van der Waals surface area contributed by atoms with Crippen LogP contribution in [0, 0.1) is 5.41 Å². The first-order valence-electron chi connectivity index (χ1n) is 10.8. The van der Waals surface area contributed by atoms with Crippen LogP contribution in [0.25, 0.3) is 0 Å². The molecule has 0 radical (unpaired) electrons. The Labute approximate surface area is 224 Å². The maximum Gasteiger partial charge on any atom is 0.404 e. The van der Waals surface area contributed by atoms with Crippen LogP contribution in [0.5, 0.6) is 0 Å². The van der Waals surface area contributed by atoms with Gasteiger partial charge in [0.2, 0.25) is 18.3 Å². The number of ether oxygens (including phenoxy) is 3. The van der Waals surface area contributed by atoms with Crippen LogP contribution in [0.3, 0.4) is 0 Å². The molecule has 1 aromatic heterocycles. The summed E-state index contributed by atoms with van der Waals surface area (Å²) < 4.78 is 18.7. The van der Waals surface area contributed by atoms with Crippen LogP contribution in [0.2, 0.25) is 0 Å². The smallest absolute Gasteiger partial charge is 0.404 e. The maximum absolute atomic E-state index is 13.1. The average molecular weight is 572 g/mol. The lowest BCUT2D eigenvalue weighted by molar-refractivity contribution is -0.173. The Kier molecular flexibility index (Phi) is 8.77. The summed E-state index contributed by atoms with van der Waals surface area (Å²) in [6.45, 7) is 3.78. The maximum atomic E-state index is 13.1. The van der Waals surface area contributed by atoms with Gasteiger partial charge in [0, 0.05) is 22.9 Å². The summed E-state index contributed by atoms with van der Waals surface area (Å²) in [7, 11) is 1.22. The average Bonchev–Trinajstić information content (AvgIpc) is 3.28. The van der Waals surface area contributed by atoms with E-state index in [1.807, 2.05) is 0 Å². The minimum atomic E-state index is -1.09. The molecular weight excluding hydrogens is 546 g/mol. The molecule has 0 saturated carbocycles. The third kappa shape index (κ3) is 6.31. The number of aromatic nitrogens is 2. The molecule has 1 saturated heterocycles. The number of fused-ring (bicyclic) bond motifs is 1. The van der Waals surface area contributed by atoms with Crippen LogP contribution in [-0.4, -0.2) is 87.5 Å². The quantitative estimate of drug-likeness (QED) is 0.110. The van der Waals surface area contributed by atoms with Crippen LogP contribution in [0.1, 0.15) is 26.6 Å². The van der Waals surface area contributed by atoms with E-state index in [-0.39, 0.29) is 40.3 Å². The van der Waals surface area contributed by atoms with Gasteiger partial charge in [-0.2, -0.15) is 9.36 Å². The van der Waals surface area contributed by atoms with E-state index in [0.29, 0.717) is 0 Å². The first-order chi connectivity index (χ1) is 17.8. The predicted molar refractivity (Wildman–Crippen MR) is 132 cm³/mol. The number of hydrogen-bond acceptors (Lipinski definition) is 15. The lowest BCUT2D eigenvalue weighted by atomic mass is 9.98. The Morgan fingerprint density at radius 2 is 1.92 bits per heavy atom.